The fourth-order valence-corrected chi connectivity index (χ4v) is 1.74. The lowest BCUT2D eigenvalue weighted by Crippen LogP contribution is -2.28. The smallest absolute Gasteiger partial charge is 0.333 e. The molecule has 0 aliphatic carbocycles. The summed E-state index contributed by atoms with van der Waals surface area (Å²) >= 11 is 0. The van der Waals surface area contributed by atoms with Crippen molar-refractivity contribution >= 4 is 17.3 Å². The van der Waals surface area contributed by atoms with Gasteiger partial charge in [-0.05, 0) is 39.8 Å². The number of carbonyl (C=O) groups is 1. The standard InChI is InChI=1S/C14H20N2O5/c1-5-20-14(17)10(4)15-11-7-6-8-12(21-9(2)3)13(11)16(18)19/h6-10,15H,5H2,1-4H3. The summed E-state index contributed by atoms with van der Waals surface area (Å²) < 4.78 is 10.3. The van der Waals surface area contributed by atoms with Gasteiger partial charge in [0.15, 0.2) is 5.75 Å². The first-order valence-corrected chi connectivity index (χ1v) is 6.74. The molecule has 0 aliphatic rings. The summed E-state index contributed by atoms with van der Waals surface area (Å²) in [5.74, 6) is -0.307. The largest absolute Gasteiger partial charge is 0.484 e. The number of nitrogens with one attached hydrogen (secondary N) is 1. The van der Waals surface area contributed by atoms with Crippen LogP contribution in [-0.2, 0) is 9.53 Å². The molecule has 116 valence electrons. The summed E-state index contributed by atoms with van der Waals surface area (Å²) in [5.41, 5.74) is 0.0288. The Bertz CT molecular complexity index is 516. The predicted molar refractivity (Wildman–Crippen MR) is 78.6 cm³/mol. The van der Waals surface area contributed by atoms with Crippen LogP contribution in [0.1, 0.15) is 27.7 Å². The van der Waals surface area contributed by atoms with E-state index in [2.05, 4.69) is 5.32 Å². The molecule has 0 saturated heterocycles. The second kappa shape index (κ2) is 7.47. The third kappa shape index (κ3) is 4.62. The van der Waals surface area contributed by atoms with E-state index >= 15 is 0 Å². The number of hydrogen-bond donors (Lipinski definition) is 1. The zero-order chi connectivity index (χ0) is 16.0. The quantitative estimate of drug-likeness (QED) is 0.472. The van der Waals surface area contributed by atoms with Gasteiger partial charge in [0, 0.05) is 0 Å². The van der Waals surface area contributed by atoms with E-state index in [9.17, 15) is 14.9 Å². The molecule has 1 unspecified atom stereocenters. The number of benzene rings is 1. The van der Waals surface area contributed by atoms with Crippen LogP contribution in [0.4, 0.5) is 11.4 Å². The van der Waals surface area contributed by atoms with Gasteiger partial charge in [-0.3, -0.25) is 10.1 Å². The molecule has 7 nitrogen and oxygen atoms in total. The number of nitro groups is 1. The fraction of sp³-hybridized carbons (Fsp3) is 0.500. The highest BCUT2D eigenvalue weighted by atomic mass is 16.6. The van der Waals surface area contributed by atoms with Crippen LogP contribution in [0.3, 0.4) is 0 Å². The monoisotopic (exact) mass is 296 g/mol. The highest BCUT2D eigenvalue weighted by Gasteiger charge is 2.24. The Hall–Kier alpha value is -2.31. The van der Waals surface area contributed by atoms with E-state index in [-0.39, 0.29) is 29.8 Å². The van der Waals surface area contributed by atoms with Gasteiger partial charge in [0.25, 0.3) is 0 Å². The number of carbonyl (C=O) groups excluding carboxylic acids is 1. The second-order valence-corrected chi connectivity index (χ2v) is 4.69. The number of ether oxygens (including phenoxy) is 2. The lowest BCUT2D eigenvalue weighted by molar-refractivity contribution is -0.385. The van der Waals surface area contributed by atoms with Crippen LogP contribution >= 0.6 is 0 Å². The molecule has 7 heteroatoms. The van der Waals surface area contributed by atoms with E-state index in [0.717, 1.165) is 0 Å². The Morgan fingerprint density at radius 2 is 2.05 bits per heavy atom. The molecule has 0 aliphatic heterocycles. The zero-order valence-corrected chi connectivity index (χ0v) is 12.6. The predicted octanol–water partition coefficient (Wildman–Crippen LogP) is 2.75. The summed E-state index contributed by atoms with van der Waals surface area (Å²) in [4.78, 5) is 22.3. The number of para-hydroxylation sites is 1. The fourth-order valence-electron chi connectivity index (χ4n) is 1.74. The lowest BCUT2D eigenvalue weighted by Gasteiger charge is -2.16. The normalized spacial score (nSPS) is 11.9. The van der Waals surface area contributed by atoms with E-state index < -0.39 is 16.9 Å². The third-order valence-electron chi connectivity index (χ3n) is 2.56. The van der Waals surface area contributed by atoms with Gasteiger partial charge in [0.1, 0.15) is 11.7 Å². The summed E-state index contributed by atoms with van der Waals surface area (Å²) in [7, 11) is 0. The molecule has 0 heterocycles. The van der Waals surface area contributed by atoms with E-state index in [0.29, 0.717) is 0 Å². The first kappa shape index (κ1) is 16.7. The Kier molecular flexibility index (Phi) is 5.95. The van der Waals surface area contributed by atoms with Crippen LogP contribution in [0.15, 0.2) is 18.2 Å². The van der Waals surface area contributed by atoms with Crippen LogP contribution < -0.4 is 10.1 Å². The van der Waals surface area contributed by atoms with E-state index in [4.69, 9.17) is 9.47 Å². The topological polar surface area (TPSA) is 90.7 Å². The molecule has 0 saturated carbocycles. The molecule has 0 aromatic heterocycles. The number of nitrogens with zero attached hydrogens (tertiary/aromatic N) is 1. The van der Waals surface area contributed by atoms with Crippen LogP contribution in [0.25, 0.3) is 0 Å². The van der Waals surface area contributed by atoms with E-state index in [1.165, 1.54) is 12.1 Å². The maximum absolute atomic E-state index is 11.6. The number of nitro benzene ring substituents is 1. The molecule has 0 bridgehead atoms. The number of hydrogen-bond acceptors (Lipinski definition) is 6. The zero-order valence-electron chi connectivity index (χ0n) is 12.6. The van der Waals surface area contributed by atoms with Crippen molar-refractivity contribution in [2.24, 2.45) is 0 Å². The molecule has 1 aromatic carbocycles. The summed E-state index contributed by atoms with van der Waals surface area (Å²) in [6, 6.07) is 3.99. The van der Waals surface area contributed by atoms with Gasteiger partial charge >= 0.3 is 11.7 Å². The van der Waals surface area contributed by atoms with Crippen LogP contribution in [0.2, 0.25) is 0 Å². The first-order valence-electron chi connectivity index (χ1n) is 6.74. The molecule has 1 aromatic rings. The highest BCUT2D eigenvalue weighted by molar-refractivity contribution is 5.81. The minimum Gasteiger partial charge on any atom is -0.484 e. The van der Waals surface area contributed by atoms with Crippen molar-refractivity contribution in [2.45, 2.75) is 39.8 Å². The minimum absolute atomic E-state index is 0.163. The molecule has 0 amide bonds. The molecule has 1 atom stereocenters. The van der Waals surface area contributed by atoms with Crippen molar-refractivity contribution in [2.75, 3.05) is 11.9 Å². The number of esters is 1. The minimum atomic E-state index is -0.696. The lowest BCUT2D eigenvalue weighted by atomic mass is 10.2. The average molecular weight is 296 g/mol. The molecule has 1 rings (SSSR count). The maximum atomic E-state index is 11.6. The Morgan fingerprint density at radius 3 is 2.57 bits per heavy atom. The van der Waals surface area contributed by atoms with Crippen molar-refractivity contribution in [3.8, 4) is 5.75 Å². The van der Waals surface area contributed by atoms with Crippen molar-refractivity contribution in [1.82, 2.24) is 0 Å². The molecular weight excluding hydrogens is 276 g/mol. The van der Waals surface area contributed by atoms with Crippen molar-refractivity contribution in [3.05, 3.63) is 28.3 Å². The molecule has 0 spiro atoms. The number of rotatable bonds is 7. The van der Waals surface area contributed by atoms with Crippen molar-refractivity contribution in [3.63, 3.8) is 0 Å². The first-order chi connectivity index (χ1) is 9.86. The van der Waals surface area contributed by atoms with Gasteiger partial charge < -0.3 is 14.8 Å². The second-order valence-electron chi connectivity index (χ2n) is 4.69. The number of anilines is 1. The van der Waals surface area contributed by atoms with Crippen LogP contribution in [-0.4, -0.2) is 29.6 Å². The van der Waals surface area contributed by atoms with E-state index in [1.54, 1.807) is 33.8 Å². The Labute approximate surface area is 123 Å². The Balaban J connectivity index is 3.06. The van der Waals surface area contributed by atoms with Gasteiger partial charge in [-0.15, -0.1) is 0 Å². The van der Waals surface area contributed by atoms with Gasteiger partial charge in [-0.25, -0.2) is 4.79 Å². The van der Waals surface area contributed by atoms with Gasteiger partial charge in [0.05, 0.1) is 17.6 Å². The average Bonchev–Trinajstić information content (AvgIpc) is 2.37. The summed E-state index contributed by atoms with van der Waals surface area (Å²) in [6.07, 6.45) is -0.193. The Morgan fingerprint density at radius 1 is 1.38 bits per heavy atom. The SMILES string of the molecule is CCOC(=O)C(C)Nc1cccc(OC(C)C)c1[N+](=O)[O-]. The molecule has 1 N–H and O–H groups in total. The third-order valence-corrected chi connectivity index (χ3v) is 2.56. The van der Waals surface area contributed by atoms with Gasteiger partial charge in [-0.2, -0.15) is 0 Å². The van der Waals surface area contributed by atoms with Crippen molar-refractivity contribution < 1.29 is 19.2 Å². The molecule has 0 fully saturated rings. The molecule has 0 radical (unpaired) electrons. The maximum Gasteiger partial charge on any atom is 0.333 e. The van der Waals surface area contributed by atoms with Gasteiger partial charge in [-0.1, -0.05) is 6.07 Å². The van der Waals surface area contributed by atoms with E-state index in [1.807, 2.05) is 0 Å². The van der Waals surface area contributed by atoms with Gasteiger partial charge in [0.2, 0.25) is 0 Å². The molecular formula is C14H20N2O5. The highest BCUT2D eigenvalue weighted by Crippen LogP contribution is 2.35. The summed E-state index contributed by atoms with van der Waals surface area (Å²) in [6.45, 7) is 7.10. The van der Waals surface area contributed by atoms with Crippen molar-refractivity contribution in [1.29, 1.82) is 0 Å². The van der Waals surface area contributed by atoms with Crippen LogP contribution in [0, 0.1) is 10.1 Å². The molecule has 21 heavy (non-hydrogen) atoms. The van der Waals surface area contributed by atoms with Crippen LogP contribution in [0.5, 0.6) is 5.75 Å². The summed E-state index contributed by atoms with van der Waals surface area (Å²) in [5, 5.41) is 14.1.